The third-order valence-electron chi connectivity index (χ3n) is 3.28. The van der Waals surface area contributed by atoms with Gasteiger partial charge in [0.05, 0.1) is 6.10 Å². The van der Waals surface area contributed by atoms with Gasteiger partial charge in [0.25, 0.3) is 0 Å². The quantitative estimate of drug-likeness (QED) is 0.713. The standard InChI is InChI=1S/C12H26O/c1-7-11(13)9(2)8-10(3)12(4,5)6/h9-11,13H,7-8H2,1-6H3. The van der Waals surface area contributed by atoms with Crippen LogP contribution in [0.15, 0.2) is 0 Å². The van der Waals surface area contributed by atoms with E-state index in [4.69, 9.17) is 0 Å². The van der Waals surface area contributed by atoms with Gasteiger partial charge in [-0.1, -0.05) is 41.5 Å². The Morgan fingerprint density at radius 2 is 1.62 bits per heavy atom. The Morgan fingerprint density at radius 3 is 1.92 bits per heavy atom. The van der Waals surface area contributed by atoms with Crippen molar-refractivity contribution in [1.82, 2.24) is 0 Å². The van der Waals surface area contributed by atoms with Crippen molar-refractivity contribution in [2.24, 2.45) is 17.3 Å². The second kappa shape index (κ2) is 4.99. The van der Waals surface area contributed by atoms with Gasteiger partial charge in [-0.3, -0.25) is 0 Å². The van der Waals surface area contributed by atoms with Gasteiger partial charge >= 0.3 is 0 Å². The van der Waals surface area contributed by atoms with E-state index in [1.807, 2.05) is 6.92 Å². The second-order valence-electron chi connectivity index (χ2n) is 5.46. The summed E-state index contributed by atoms with van der Waals surface area (Å²) in [7, 11) is 0. The molecule has 0 saturated heterocycles. The lowest BCUT2D eigenvalue weighted by Crippen LogP contribution is -2.25. The summed E-state index contributed by atoms with van der Waals surface area (Å²) < 4.78 is 0. The zero-order chi connectivity index (χ0) is 10.6. The highest BCUT2D eigenvalue weighted by Gasteiger charge is 2.24. The van der Waals surface area contributed by atoms with Crippen LogP contribution in [0.25, 0.3) is 0 Å². The van der Waals surface area contributed by atoms with E-state index in [9.17, 15) is 5.11 Å². The molecule has 1 N–H and O–H groups in total. The van der Waals surface area contributed by atoms with Crippen molar-refractivity contribution in [2.45, 2.75) is 60.5 Å². The second-order valence-corrected chi connectivity index (χ2v) is 5.46. The van der Waals surface area contributed by atoms with Crippen LogP contribution < -0.4 is 0 Å². The molecule has 0 saturated carbocycles. The van der Waals surface area contributed by atoms with Crippen LogP contribution in [-0.2, 0) is 0 Å². The molecule has 1 nitrogen and oxygen atoms in total. The van der Waals surface area contributed by atoms with E-state index in [2.05, 4.69) is 34.6 Å². The van der Waals surface area contributed by atoms with Crippen LogP contribution in [-0.4, -0.2) is 11.2 Å². The number of hydrogen-bond donors (Lipinski definition) is 1. The minimum atomic E-state index is -0.121. The topological polar surface area (TPSA) is 20.2 Å². The van der Waals surface area contributed by atoms with Crippen LogP contribution in [0.5, 0.6) is 0 Å². The first-order valence-corrected chi connectivity index (χ1v) is 5.47. The summed E-state index contributed by atoms with van der Waals surface area (Å²) >= 11 is 0. The van der Waals surface area contributed by atoms with Crippen molar-refractivity contribution >= 4 is 0 Å². The first-order valence-electron chi connectivity index (χ1n) is 5.47. The number of rotatable bonds is 4. The molecule has 80 valence electrons. The summed E-state index contributed by atoms with van der Waals surface area (Å²) in [5, 5.41) is 9.64. The molecule has 0 radical (unpaired) electrons. The van der Waals surface area contributed by atoms with Crippen molar-refractivity contribution in [3.05, 3.63) is 0 Å². The maximum Gasteiger partial charge on any atom is 0.0563 e. The van der Waals surface area contributed by atoms with E-state index in [0.717, 1.165) is 12.8 Å². The molecule has 13 heavy (non-hydrogen) atoms. The molecule has 0 aromatic carbocycles. The molecule has 0 rings (SSSR count). The van der Waals surface area contributed by atoms with Gasteiger partial charge in [-0.15, -0.1) is 0 Å². The molecule has 0 heterocycles. The van der Waals surface area contributed by atoms with E-state index in [0.29, 0.717) is 17.3 Å². The van der Waals surface area contributed by atoms with Crippen molar-refractivity contribution < 1.29 is 5.11 Å². The average molecular weight is 186 g/mol. The van der Waals surface area contributed by atoms with Crippen LogP contribution in [0.3, 0.4) is 0 Å². The monoisotopic (exact) mass is 186 g/mol. The minimum absolute atomic E-state index is 0.121. The maximum absolute atomic E-state index is 9.64. The Kier molecular flexibility index (Phi) is 4.98. The van der Waals surface area contributed by atoms with E-state index in [1.54, 1.807) is 0 Å². The van der Waals surface area contributed by atoms with Gasteiger partial charge in [0.2, 0.25) is 0 Å². The van der Waals surface area contributed by atoms with Gasteiger partial charge in [0, 0.05) is 0 Å². The Bertz CT molecular complexity index is 135. The third kappa shape index (κ3) is 4.66. The average Bonchev–Trinajstić information content (AvgIpc) is 2.01. The number of hydrogen-bond acceptors (Lipinski definition) is 1. The number of aliphatic hydroxyl groups excluding tert-OH is 1. The molecular weight excluding hydrogens is 160 g/mol. The molecule has 0 spiro atoms. The van der Waals surface area contributed by atoms with Gasteiger partial charge in [-0.05, 0) is 30.1 Å². The summed E-state index contributed by atoms with van der Waals surface area (Å²) in [6.07, 6.45) is 1.88. The van der Waals surface area contributed by atoms with Crippen LogP contribution in [0.2, 0.25) is 0 Å². The Balaban J connectivity index is 3.98. The smallest absolute Gasteiger partial charge is 0.0563 e. The van der Waals surface area contributed by atoms with Crippen LogP contribution >= 0.6 is 0 Å². The largest absolute Gasteiger partial charge is 0.393 e. The van der Waals surface area contributed by atoms with E-state index in [1.165, 1.54) is 0 Å². The molecule has 0 aliphatic carbocycles. The van der Waals surface area contributed by atoms with Crippen LogP contribution in [0.1, 0.15) is 54.4 Å². The van der Waals surface area contributed by atoms with Gasteiger partial charge in [0.1, 0.15) is 0 Å². The summed E-state index contributed by atoms with van der Waals surface area (Å²) in [5.41, 5.74) is 0.363. The first kappa shape index (κ1) is 13.0. The predicted octanol–water partition coefficient (Wildman–Crippen LogP) is 3.47. The highest BCUT2D eigenvalue weighted by atomic mass is 16.3. The molecule has 0 aliphatic heterocycles. The van der Waals surface area contributed by atoms with Crippen molar-refractivity contribution in [1.29, 1.82) is 0 Å². The van der Waals surface area contributed by atoms with Crippen molar-refractivity contribution in [2.75, 3.05) is 0 Å². The lowest BCUT2D eigenvalue weighted by molar-refractivity contribution is 0.0839. The molecule has 0 aromatic heterocycles. The maximum atomic E-state index is 9.64. The zero-order valence-corrected chi connectivity index (χ0v) is 10.1. The summed E-state index contributed by atoms with van der Waals surface area (Å²) in [4.78, 5) is 0. The van der Waals surface area contributed by atoms with E-state index in [-0.39, 0.29) is 6.10 Å². The summed E-state index contributed by atoms with van der Waals surface area (Å²) in [5.74, 6) is 1.10. The molecule has 3 atom stereocenters. The fraction of sp³-hybridized carbons (Fsp3) is 1.00. The molecular formula is C12H26O. The molecule has 3 unspecified atom stereocenters. The molecule has 0 bridgehead atoms. The third-order valence-corrected chi connectivity index (χ3v) is 3.28. The fourth-order valence-electron chi connectivity index (χ4n) is 1.47. The van der Waals surface area contributed by atoms with E-state index < -0.39 is 0 Å². The zero-order valence-electron chi connectivity index (χ0n) is 10.1. The molecule has 0 amide bonds. The SMILES string of the molecule is CCC(O)C(C)CC(C)C(C)(C)C. The number of aliphatic hydroxyl groups is 1. The molecule has 0 aromatic rings. The lowest BCUT2D eigenvalue weighted by atomic mass is 9.76. The molecule has 0 fully saturated rings. The molecule has 1 heteroatoms. The van der Waals surface area contributed by atoms with Crippen molar-refractivity contribution in [3.8, 4) is 0 Å². The van der Waals surface area contributed by atoms with Crippen molar-refractivity contribution in [3.63, 3.8) is 0 Å². The van der Waals surface area contributed by atoms with Crippen LogP contribution in [0.4, 0.5) is 0 Å². The first-order chi connectivity index (χ1) is 5.79. The highest BCUT2D eigenvalue weighted by Crippen LogP contribution is 2.31. The van der Waals surface area contributed by atoms with Gasteiger partial charge in [-0.25, -0.2) is 0 Å². The van der Waals surface area contributed by atoms with E-state index >= 15 is 0 Å². The lowest BCUT2D eigenvalue weighted by Gasteiger charge is -2.31. The Morgan fingerprint density at radius 1 is 1.15 bits per heavy atom. The fourth-order valence-corrected chi connectivity index (χ4v) is 1.47. The predicted molar refractivity (Wildman–Crippen MR) is 58.7 cm³/mol. The van der Waals surface area contributed by atoms with Crippen LogP contribution in [0, 0.1) is 17.3 Å². The molecule has 0 aliphatic rings. The summed E-state index contributed by atoms with van der Waals surface area (Å²) in [6, 6.07) is 0. The minimum Gasteiger partial charge on any atom is -0.393 e. The Labute approximate surface area is 83.5 Å². The highest BCUT2D eigenvalue weighted by molar-refractivity contribution is 4.74. The normalized spacial score (nSPS) is 19.6. The van der Waals surface area contributed by atoms with Gasteiger partial charge in [0.15, 0.2) is 0 Å². The Hall–Kier alpha value is -0.0400. The van der Waals surface area contributed by atoms with Gasteiger partial charge in [-0.2, -0.15) is 0 Å². The summed E-state index contributed by atoms with van der Waals surface area (Å²) in [6.45, 7) is 13.3. The van der Waals surface area contributed by atoms with Gasteiger partial charge < -0.3 is 5.11 Å².